The zero-order chi connectivity index (χ0) is 13.3. The van der Waals surface area contributed by atoms with E-state index in [2.05, 4.69) is 26.2 Å². The Morgan fingerprint density at radius 2 is 2.22 bits per heavy atom. The van der Waals surface area contributed by atoms with Gasteiger partial charge in [-0.1, -0.05) is 0 Å². The number of aromatic amines is 1. The fourth-order valence-electron chi connectivity index (χ4n) is 2.17. The molecule has 2 heterocycles. The molecule has 18 heavy (non-hydrogen) atoms. The molecule has 2 N–H and O–H groups in total. The van der Waals surface area contributed by atoms with Crippen LogP contribution in [0.1, 0.15) is 22.5 Å². The van der Waals surface area contributed by atoms with E-state index in [-0.39, 0.29) is 5.91 Å². The number of aromatic nitrogens is 1. The van der Waals surface area contributed by atoms with E-state index < -0.39 is 11.6 Å². The molecule has 1 unspecified atom stereocenters. The summed E-state index contributed by atoms with van der Waals surface area (Å²) in [6.07, 6.45) is 0.319. The number of hydrogen-bond acceptors (Lipinski definition) is 4. The van der Waals surface area contributed by atoms with Crippen molar-refractivity contribution in [2.75, 3.05) is 20.8 Å². The van der Waals surface area contributed by atoms with Crippen LogP contribution in [0.2, 0.25) is 0 Å². The highest BCUT2D eigenvalue weighted by atomic mass is 79.9. The standard InChI is InChI=1S/C11H13BrN2O4/c1-17-10(16)11(18-2)3-4-13-9(15)8-6(11)5-7(12)14-8/h5,14H,3-4H2,1-2H3,(H,13,15). The summed E-state index contributed by atoms with van der Waals surface area (Å²) in [5.74, 6) is -0.784. The van der Waals surface area contributed by atoms with E-state index in [1.54, 1.807) is 6.07 Å². The van der Waals surface area contributed by atoms with Crippen molar-refractivity contribution in [1.29, 1.82) is 0 Å². The van der Waals surface area contributed by atoms with Crippen LogP contribution < -0.4 is 5.32 Å². The summed E-state index contributed by atoms with van der Waals surface area (Å²) >= 11 is 3.25. The number of hydrogen-bond donors (Lipinski definition) is 2. The van der Waals surface area contributed by atoms with Crippen LogP contribution in [0.25, 0.3) is 0 Å². The Kier molecular flexibility index (Phi) is 3.45. The molecule has 7 heteroatoms. The lowest BCUT2D eigenvalue weighted by atomic mass is 9.91. The lowest BCUT2D eigenvalue weighted by Crippen LogP contribution is -2.40. The SMILES string of the molecule is COC(=O)C1(OC)CCNC(=O)c2[nH]c(Br)cc21. The number of halogens is 1. The molecule has 98 valence electrons. The van der Waals surface area contributed by atoms with E-state index in [4.69, 9.17) is 9.47 Å². The summed E-state index contributed by atoms with van der Waals surface area (Å²) in [6.45, 7) is 0.335. The third-order valence-corrected chi connectivity index (χ3v) is 3.50. The van der Waals surface area contributed by atoms with Gasteiger partial charge >= 0.3 is 5.97 Å². The minimum Gasteiger partial charge on any atom is -0.467 e. The molecule has 0 spiro atoms. The largest absolute Gasteiger partial charge is 0.467 e. The van der Waals surface area contributed by atoms with Crippen molar-refractivity contribution in [3.8, 4) is 0 Å². The number of H-pyrrole nitrogens is 1. The number of nitrogens with one attached hydrogen (secondary N) is 2. The topological polar surface area (TPSA) is 80.4 Å². The molecule has 0 saturated heterocycles. The number of esters is 1. The van der Waals surface area contributed by atoms with Gasteiger partial charge in [0.2, 0.25) is 0 Å². The van der Waals surface area contributed by atoms with Gasteiger partial charge in [0.25, 0.3) is 5.91 Å². The molecule has 0 radical (unpaired) electrons. The first-order valence-electron chi connectivity index (χ1n) is 5.36. The van der Waals surface area contributed by atoms with Crippen molar-refractivity contribution >= 4 is 27.8 Å². The molecular formula is C11H13BrN2O4. The highest BCUT2D eigenvalue weighted by Crippen LogP contribution is 2.36. The number of rotatable bonds is 2. The summed E-state index contributed by atoms with van der Waals surface area (Å²) in [4.78, 5) is 26.8. The van der Waals surface area contributed by atoms with Gasteiger partial charge in [0.05, 0.1) is 11.7 Å². The molecule has 0 saturated carbocycles. The van der Waals surface area contributed by atoms with Crippen LogP contribution >= 0.6 is 15.9 Å². The normalized spacial score (nSPS) is 22.9. The Balaban J connectivity index is 2.63. The fraction of sp³-hybridized carbons (Fsp3) is 0.455. The quantitative estimate of drug-likeness (QED) is 0.795. The molecule has 1 aromatic heterocycles. The van der Waals surface area contributed by atoms with E-state index in [9.17, 15) is 9.59 Å². The molecule has 1 aliphatic heterocycles. The Morgan fingerprint density at radius 1 is 1.50 bits per heavy atom. The van der Waals surface area contributed by atoms with Crippen LogP contribution in [0.4, 0.5) is 0 Å². The van der Waals surface area contributed by atoms with Gasteiger partial charge in [-0.2, -0.15) is 0 Å². The second-order valence-electron chi connectivity index (χ2n) is 3.93. The molecule has 6 nitrogen and oxygen atoms in total. The van der Waals surface area contributed by atoms with E-state index in [1.165, 1.54) is 14.2 Å². The number of methoxy groups -OCH3 is 2. The van der Waals surface area contributed by atoms with Crippen LogP contribution in [0.15, 0.2) is 10.7 Å². The van der Waals surface area contributed by atoms with Gasteiger partial charge in [0.1, 0.15) is 5.69 Å². The van der Waals surface area contributed by atoms with Crippen LogP contribution in [0.3, 0.4) is 0 Å². The molecule has 0 aromatic carbocycles. The van der Waals surface area contributed by atoms with Crippen LogP contribution in [0.5, 0.6) is 0 Å². The summed E-state index contributed by atoms with van der Waals surface area (Å²) in [7, 11) is 2.72. The molecule has 0 aliphatic carbocycles. The number of fused-ring (bicyclic) bond motifs is 1. The zero-order valence-electron chi connectivity index (χ0n) is 10.0. The molecule has 0 fully saturated rings. The monoisotopic (exact) mass is 316 g/mol. The first kappa shape index (κ1) is 13.1. The minimum absolute atomic E-state index is 0.265. The number of amides is 1. The van der Waals surface area contributed by atoms with E-state index >= 15 is 0 Å². The molecule has 1 amide bonds. The number of carbonyl (C=O) groups is 2. The lowest BCUT2D eigenvalue weighted by molar-refractivity contribution is -0.168. The average Bonchev–Trinajstić information content (AvgIpc) is 2.71. The molecule has 2 rings (SSSR count). The Labute approximate surface area is 112 Å². The minimum atomic E-state index is -1.26. The molecular weight excluding hydrogens is 304 g/mol. The first-order valence-corrected chi connectivity index (χ1v) is 6.15. The Morgan fingerprint density at radius 3 is 2.83 bits per heavy atom. The van der Waals surface area contributed by atoms with Crippen molar-refractivity contribution in [2.24, 2.45) is 0 Å². The van der Waals surface area contributed by atoms with Gasteiger partial charge in [0, 0.05) is 25.6 Å². The highest BCUT2D eigenvalue weighted by Gasteiger charge is 2.46. The van der Waals surface area contributed by atoms with Crippen molar-refractivity contribution in [1.82, 2.24) is 10.3 Å². The van der Waals surface area contributed by atoms with Crippen molar-refractivity contribution < 1.29 is 19.1 Å². The third kappa shape index (κ3) is 1.83. The van der Waals surface area contributed by atoms with E-state index in [1.807, 2.05) is 0 Å². The lowest BCUT2D eigenvalue weighted by Gasteiger charge is -2.27. The van der Waals surface area contributed by atoms with Gasteiger partial charge in [-0.3, -0.25) is 4.79 Å². The van der Waals surface area contributed by atoms with Crippen molar-refractivity contribution in [3.05, 3.63) is 21.9 Å². The fourth-order valence-corrected chi connectivity index (χ4v) is 2.59. The number of carbonyl (C=O) groups excluding carboxylic acids is 2. The molecule has 1 aliphatic rings. The maximum atomic E-state index is 12.0. The third-order valence-electron chi connectivity index (χ3n) is 3.07. The van der Waals surface area contributed by atoms with Gasteiger partial charge in [-0.25, -0.2) is 4.79 Å². The smallest absolute Gasteiger partial charge is 0.342 e. The predicted octanol–water partition coefficient (Wildman–Crippen LogP) is 0.925. The molecule has 0 bridgehead atoms. The van der Waals surface area contributed by atoms with Crippen LogP contribution in [-0.4, -0.2) is 37.6 Å². The van der Waals surface area contributed by atoms with Gasteiger partial charge < -0.3 is 19.8 Å². The summed E-state index contributed by atoms with van der Waals surface area (Å²) in [6, 6.07) is 1.67. The highest BCUT2D eigenvalue weighted by molar-refractivity contribution is 9.10. The maximum Gasteiger partial charge on any atom is 0.342 e. The Bertz CT molecular complexity index is 499. The number of ether oxygens (including phenoxy) is 2. The maximum absolute atomic E-state index is 12.0. The first-order chi connectivity index (χ1) is 8.55. The van der Waals surface area contributed by atoms with Gasteiger partial charge in [0.15, 0.2) is 5.60 Å². The van der Waals surface area contributed by atoms with Gasteiger partial charge in [-0.15, -0.1) is 0 Å². The van der Waals surface area contributed by atoms with Crippen LogP contribution in [-0.2, 0) is 19.9 Å². The molecule has 1 aromatic rings. The summed E-state index contributed by atoms with van der Waals surface area (Å²) in [5, 5.41) is 2.70. The van der Waals surface area contributed by atoms with Crippen molar-refractivity contribution in [2.45, 2.75) is 12.0 Å². The van der Waals surface area contributed by atoms with Crippen molar-refractivity contribution in [3.63, 3.8) is 0 Å². The Hall–Kier alpha value is -1.34. The van der Waals surface area contributed by atoms with Crippen LogP contribution in [0, 0.1) is 0 Å². The van der Waals surface area contributed by atoms with E-state index in [0.717, 1.165) is 0 Å². The summed E-state index contributed by atoms with van der Waals surface area (Å²) in [5.41, 5.74) is -0.462. The summed E-state index contributed by atoms with van der Waals surface area (Å²) < 4.78 is 10.8. The predicted molar refractivity (Wildman–Crippen MR) is 66.1 cm³/mol. The average molecular weight is 317 g/mol. The van der Waals surface area contributed by atoms with E-state index in [0.29, 0.717) is 28.8 Å². The second-order valence-corrected chi connectivity index (χ2v) is 4.79. The second kappa shape index (κ2) is 4.74. The zero-order valence-corrected chi connectivity index (χ0v) is 11.6. The van der Waals surface area contributed by atoms with Gasteiger partial charge in [-0.05, 0) is 22.0 Å². The molecule has 1 atom stereocenters.